The smallest absolute Gasteiger partial charge is 0.267 e. The molecule has 1 rings (SSSR count). The second-order valence-electron chi connectivity index (χ2n) is 5.33. The summed E-state index contributed by atoms with van der Waals surface area (Å²) in [6, 6.07) is 5.76. The van der Waals surface area contributed by atoms with Crippen molar-refractivity contribution in [1.29, 1.82) is 0 Å². The van der Waals surface area contributed by atoms with Crippen molar-refractivity contribution in [1.82, 2.24) is 5.43 Å². The molecule has 0 aliphatic rings. The van der Waals surface area contributed by atoms with Crippen molar-refractivity contribution in [2.45, 2.75) is 33.6 Å². The van der Waals surface area contributed by atoms with E-state index < -0.39 is 10.8 Å². The van der Waals surface area contributed by atoms with Crippen molar-refractivity contribution >= 4 is 17.8 Å². The Bertz CT molecular complexity index is 657. The lowest BCUT2D eigenvalue weighted by Crippen LogP contribution is -2.18. The van der Waals surface area contributed by atoms with Crippen molar-refractivity contribution < 1.29 is 9.72 Å². The summed E-state index contributed by atoms with van der Waals surface area (Å²) in [7, 11) is 0. The molecule has 0 aliphatic heterocycles. The lowest BCUT2D eigenvalue weighted by molar-refractivity contribution is -0.385. The number of nitro groups is 1. The molecule has 0 saturated heterocycles. The topological polar surface area (TPSA) is 84.6 Å². The van der Waals surface area contributed by atoms with E-state index in [1.165, 1.54) is 30.0 Å². The number of carbonyl (C=O) groups excluding carboxylic acids is 1. The number of hydrazone groups is 1. The first kappa shape index (κ1) is 18.3. The van der Waals surface area contributed by atoms with Gasteiger partial charge in [0.05, 0.1) is 4.92 Å². The molecular formula is C17H21N3O3. The molecule has 0 radical (unpaired) electrons. The maximum Gasteiger partial charge on any atom is 0.282 e. The van der Waals surface area contributed by atoms with Crippen molar-refractivity contribution in [3.05, 3.63) is 63.2 Å². The molecule has 6 nitrogen and oxygen atoms in total. The van der Waals surface area contributed by atoms with E-state index in [9.17, 15) is 14.9 Å². The summed E-state index contributed by atoms with van der Waals surface area (Å²) >= 11 is 0. The number of nitro benzene ring substituents is 1. The largest absolute Gasteiger partial charge is 0.282 e. The Morgan fingerprint density at radius 1 is 1.30 bits per heavy atom. The highest BCUT2D eigenvalue weighted by atomic mass is 16.6. The van der Waals surface area contributed by atoms with Gasteiger partial charge >= 0.3 is 0 Å². The fraction of sp³-hybridized carbons (Fsp3) is 0.294. The molecule has 0 aromatic heterocycles. The number of nitrogens with one attached hydrogen (secondary N) is 1. The second-order valence-corrected chi connectivity index (χ2v) is 5.33. The third kappa shape index (κ3) is 6.69. The molecule has 6 heteroatoms. The molecule has 1 N–H and O–H groups in total. The average Bonchev–Trinajstić information content (AvgIpc) is 2.51. The minimum atomic E-state index is -0.607. The number of carbonyl (C=O) groups is 1. The maximum atomic E-state index is 11.9. The predicted molar refractivity (Wildman–Crippen MR) is 91.5 cm³/mol. The van der Waals surface area contributed by atoms with E-state index in [0.717, 1.165) is 18.4 Å². The quantitative estimate of drug-likeness (QED) is 0.357. The first-order valence-corrected chi connectivity index (χ1v) is 7.27. The lowest BCUT2D eigenvalue weighted by Gasteiger charge is -2.00. The van der Waals surface area contributed by atoms with E-state index in [1.54, 1.807) is 12.1 Å². The number of amides is 1. The molecule has 1 aromatic rings. The zero-order valence-corrected chi connectivity index (χ0v) is 13.6. The van der Waals surface area contributed by atoms with Gasteiger partial charge in [0.25, 0.3) is 11.6 Å². The third-order valence-corrected chi connectivity index (χ3v) is 3.04. The summed E-state index contributed by atoms with van der Waals surface area (Å²) in [6.45, 7) is 6.09. The molecule has 0 unspecified atom stereocenters. The van der Waals surface area contributed by atoms with Gasteiger partial charge in [-0.25, -0.2) is 5.43 Å². The highest BCUT2D eigenvalue weighted by Gasteiger charge is 2.18. The first-order valence-electron chi connectivity index (χ1n) is 7.27. The van der Waals surface area contributed by atoms with Crippen molar-refractivity contribution in [2.75, 3.05) is 0 Å². The van der Waals surface area contributed by atoms with Crippen LogP contribution in [0.5, 0.6) is 0 Å². The Labute approximate surface area is 135 Å². The van der Waals surface area contributed by atoms with Gasteiger partial charge in [0.1, 0.15) is 5.56 Å². The highest BCUT2D eigenvalue weighted by Crippen LogP contribution is 2.17. The number of allylic oxidation sites excluding steroid dienone is 4. The first-order chi connectivity index (χ1) is 10.9. The number of nitrogens with zero attached hydrogens (tertiary/aromatic N) is 2. The van der Waals surface area contributed by atoms with Gasteiger partial charge in [0, 0.05) is 12.3 Å². The number of hydrogen-bond donors (Lipinski definition) is 1. The fourth-order valence-corrected chi connectivity index (χ4v) is 1.82. The SMILES string of the molecule is CC(C)=CCC/C(C)=C\C=NNC(=O)c1ccccc1[N+](=O)[O-]. The van der Waals surface area contributed by atoms with Crippen LogP contribution >= 0.6 is 0 Å². The molecule has 0 heterocycles. The van der Waals surface area contributed by atoms with Crippen LogP contribution in [0.3, 0.4) is 0 Å². The van der Waals surface area contributed by atoms with Crippen molar-refractivity contribution in [2.24, 2.45) is 5.10 Å². The van der Waals surface area contributed by atoms with Gasteiger partial charge in [-0.3, -0.25) is 14.9 Å². The van der Waals surface area contributed by atoms with Crippen LogP contribution < -0.4 is 5.43 Å². The maximum absolute atomic E-state index is 11.9. The summed E-state index contributed by atoms with van der Waals surface area (Å²) < 4.78 is 0. The molecule has 0 bridgehead atoms. The summed E-state index contributed by atoms with van der Waals surface area (Å²) in [5.74, 6) is -0.607. The number of benzene rings is 1. The Morgan fingerprint density at radius 3 is 2.65 bits per heavy atom. The predicted octanol–water partition coefficient (Wildman–Crippen LogP) is 4.00. The molecular weight excluding hydrogens is 294 g/mol. The third-order valence-electron chi connectivity index (χ3n) is 3.04. The molecule has 0 saturated carbocycles. The van der Waals surface area contributed by atoms with E-state index in [1.807, 2.05) is 6.92 Å². The minimum Gasteiger partial charge on any atom is -0.267 e. The Kier molecular flexibility index (Phi) is 7.39. The molecule has 1 aromatic carbocycles. The van der Waals surface area contributed by atoms with Gasteiger partial charge in [-0.05, 0) is 45.8 Å². The van der Waals surface area contributed by atoms with E-state index in [-0.39, 0.29) is 11.3 Å². The molecule has 0 fully saturated rings. The van der Waals surface area contributed by atoms with Crippen LogP contribution in [0.1, 0.15) is 44.0 Å². The van der Waals surface area contributed by atoms with Gasteiger partial charge in [-0.1, -0.05) is 29.4 Å². The molecule has 1 amide bonds. The van der Waals surface area contributed by atoms with Gasteiger partial charge in [-0.15, -0.1) is 0 Å². The lowest BCUT2D eigenvalue weighted by atomic mass is 10.1. The van der Waals surface area contributed by atoms with Crippen LogP contribution in [0.4, 0.5) is 5.69 Å². The Balaban J connectivity index is 2.59. The number of rotatable bonds is 7. The zero-order valence-electron chi connectivity index (χ0n) is 13.6. The van der Waals surface area contributed by atoms with Crippen LogP contribution in [0.2, 0.25) is 0 Å². The van der Waals surface area contributed by atoms with Crippen LogP contribution in [-0.2, 0) is 0 Å². The van der Waals surface area contributed by atoms with Gasteiger partial charge in [0.15, 0.2) is 0 Å². The van der Waals surface area contributed by atoms with E-state index in [2.05, 4.69) is 30.5 Å². The summed E-state index contributed by atoms with van der Waals surface area (Å²) in [6.07, 6.45) is 7.31. The highest BCUT2D eigenvalue weighted by molar-refractivity contribution is 5.98. The molecule has 0 spiro atoms. The molecule has 0 aliphatic carbocycles. The van der Waals surface area contributed by atoms with Crippen molar-refractivity contribution in [3.8, 4) is 0 Å². The van der Waals surface area contributed by atoms with Crippen LogP contribution in [-0.4, -0.2) is 17.0 Å². The van der Waals surface area contributed by atoms with E-state index >= 15 is 0 Å². The average molecular weight is 315 g/mol. The van der Waals surface area contributed by atoms with Crippen LogP contribution in [0.25, 0.3) is 0 Å². The number of hydrogen-bond acceptors (Lipinski definition) is 4. The van der Waals surface area contributed by atoms with Crippen molar-refractivity contribution in [3.63, 3.8) is 0 Å². The Hall–Kier alpha value is -2.76. The number of para-hydroxylation sites is 1. The van der Waals surface area contributed by atoms with Crippen LogP contribution in [0, 0.1) is 10.1 Å². The fourth-order valence-electron chi connectivity index (χ4n) is 1.82. The zero-order chi connectivity index (χ0) is 17.2. The molecule has 0 atom stereocenters. The van der Waals surface area contributed by atoms with E-state index in [4.69, 9.17) is 0 Å². The van der Waals surface area contributed by atoms with Crippen LogP contribution in [0.15, 0.2) is 52.7 Å². The monoisotopic (exact) mass is 315 g/mol. The Morgan fingerprint density at radius 2 is 2.00 bits per heavy atom. The minimum absolute atomic E-state index is 0.0149. The second kappa shape index (κ2) is 9.30. The van der Waals surface area contributed by atoms with Gasteiger partial charge < -0.3 is 0 Å². The van der Waals surface area contributed by atoms with Gasteiger partial charge in [0.2, 0.25) is 0 Å². The van der Waals surface area contributed by atoms with Gasteiger partial charge in [-0.2, -0.15) is 5.10 Å². The van der Waals surface area contributed by atoms with E-state index in [0.29, 0.717) is 0 Å². The summed E-state index contributed by atoms with van der Waals surface area (Å²) in [4.78, 5) is 22.2. The summed E-state index contributed by atoms with van der Waals surface area (Å²) in [5.41, 5.74) is 4.45. The molecule has 122 valence electrons. The summed E-state index contributed by atoms with van der Waals surface area (Å²) in [5, 5.41) is 14.7. The standard InChI is InChI=1S/C17H21N3O3/c1-13(2)7-6-8-14(3)11-12-18-19-17(21)15-9-4-5-10-16(15)20(22)23/h4-5,7,9-12H,6,8H2,1-3H3,(H,19,21)/b14-11-,18-12?. The molecule has 23 heavy (non-hydrogen) atoms. The normalized spacial score (nSPS) is 11.3.